The quantitative estimate of drug-likeness (QED) is 0.607. The molecule has 19 heavy (non-hydrogen) atoms. The van der Waals surface area contributed by atoms with Gasteiger partial charge in [0.25, 0.3) is 0 Å². The number of benzene rings is 2. The van der Waals surface area contributed by atoms with Crippen molar-refractivity contribution in [3.05, 3.63) is 59.7 Å². The Morgan fingerprint density at radius 2 is 1.16 bits per heavy atom. The Labute approximate surface area is 114 Å². The molecule has 0 heterocycles. The molecule has 0 radical (unpaired) electrons. The Bertz CT molecular complexity index is 440. The zero-order valence-electron chi connectivity index (χ0n) is 11.2. The lowest BCUT2D eigenvalue weighted by Crippen LogP contribution is -1.90. The summed E-state index contributed by atoms with van der Waals surface area (Å²) in [6.45, 7) is 0. The minimum Gasteiger partial charge on any atom is -0.508 e. The van der Waals surface area contributed by atoms with Crippen molar-refractivity contribution in [3.63, 3.8) is 0 Å². The summed E-state index contributed by atoms with van der Waals surface area (Å²) in [4.78, 5) is 0. The maximum Gasteiger partial charge on any atom is 0.115 e. The standard InChI is InChI=1S/C17H21NO/c18-16-10-6-14(7-11-16)4-2-1-3-5-15-8-12-17(19)13-9-15/h6-13,19H,1-5,18H2. The number of rotatable bonds is 6. The molecule has 0 aliphatic heterocycles. The number of phenolic OH excluding ortho intramolecular Hbond substituents is 1. The number of hydrogen-bond acceptors (Lipinski definition) is 2. The normalized spacial score (nSPS) is 10.5. The summed E-state index contributed by atoms with van der Waals surface area (Å²) < 4.78 is 0. The van der Waals surface area contributed by atoms with E-state index < -0.39 is 0 Å². The second-order valence-corrected chi connectivity index (χ2v) is 4.97. The van der Waals surface area contributed by atoms with Crippen LogP contribution in [0.4, 0.5) is 5.69 Å². The van der Waals surface area contributed by atoms with Gasteiger partial charge in [0.05, 0.1) is 0 Å². The molecule has 0 atom stereocenters. The maximum atomic E-state index is 9.20. The average Bonchev–Trinajstić information content (AvgIpc) is 2.43. The van der Waals surface area contributed by atoms with Crippen LogP contribution < -0.4 is 5.73 Å². The lowest BCUT2D eigenvalue weighted by Gasteiger charge is -2.03. The molecule has 0 bridgehead atoms. The van der Waals surface area contributed by atoms with E-state index in [-0.39, 0.29) is 0 Å². The van der Waals surface area contributed by atoms with Crippen molar-refractivity contribution in [2.24, 2.45) is 0 Å². The van der Waals surface area contributed by atoms with Crippen LogP contribution in [-0.2, 0) is 12.8 Å². The predicted molar refractivity (Wildman–Crippen MR) is 80.2 cm³/mol. The van der Waals surface area contributed by atoms with E-state index in [1.165, 1.54) is 30.4 Å². The van der Waals surface area contributed by atoms with Crippen molar-refractivity contribution >= 4 is 5.69 Å². The number of aryl methyl sites for hydroxylation is 2. The first-order valence-corrected chi connectivity index (χ1v) is 6.86. The van der Waals surface area contributed by atoms with Gasteiger partial charge in [0, 0.05) is 5.69 Å². The number of unbranched alkanes of at least 4 members (excludes halogenated alkanes) is 2. The lowest BCUT2D eigenvalue weighted by molar-refractivity contribution is 0.475. The van der Waals surface area contributed by atoms with Crippen LogP contribution in [0.25, 0.3) is 0 Å². The summed E-state index contributed by atoms with van der Waals surface area (Å²) in [6.07, 6.45) is 5.84. The molecule has 2 nitrogen and oxygen atoms in total. The molecule has 0 unspecified atom stereocenters. The summed E-state index contributed by atoms with van der Waals surface area (Å²) in [5, 5.41) is 9.20. The Hall–Kier alpha value is -1.96. The van der Waals surface area contributed by atoms with Gasteiger partial charge < -0.3 is 10.8 Å². The number of nitrogens with two attached hydrogens (primary N) is 1. The lowest BCUT2D eigenvalue weighted by atomic mass is 10.0. The Morgan fingerprint density at radius 1 is 0.684 bits per heavy atom. The minimum absolute atomic E-state index is 0.340. The molecule has 0 saturated heterocycles. The van der Waals surface area contributed by atoms with Crippen LogP contribution in [0.1, 0.15) is 30.4 Å². The van der Waals surface area contributed by atoms with Crippen molar-refractivity contribution in [1.29, 1.82) is 0 Å². The molecular weight excluding hydrogens is 234 g/mol. The molecule has 2 heteroatoms. The van der Waals surface area contributed by atoms with Gasteiger partial charge in [-0.25, -0.2) is 0 Å². The molecule has 0 aliphatic rings. The van der Waals surface area contributed by atoms with E-state index in [0.29, 0.717) is 5.75 Å². The highest BCUT2D eigenvalue weighted by molar-refractivity contribution is 5.39. The van der Waals surface area contributed by atoms with Crippen LogP contribution >= 0.6 is 0 Å². The second-order valence-electron chi connectivity index (χ2n) is 4.97. The third kappa shape index (κ3) is 4.66. The largest absolute Gasteiger partial charge is 0.508 e. The highest BCUT2D eigenvalue weighted by Crippen LogP contribution is 2.14. The summed E-state index contributed by atoms with van der Waals surface area (Å²) in [5.74, 6) is 0.340. The van der Waals surface area contributed by atoms with Gasteiger partial charge in [0.15, 0.2) is 0 Å². The molecule has 100 valence electrons. The summed E-state index contributed by atoms with van der Waals surface area (Å²) in [6, 6.07) is 15.6. The van der Waals surface area contributed by atoms with Crippen molar-refractivity contribution < 1.29 is 5.11 Å². The molecule has 0 fully saturated rings. The zero-order valence-corrected chi connectivity index (χ0v) is 11.2. The van der Waals surface area contributed by atoms with Gasteiger partial charge in [-0.15, -0.1) is 0 Å². The first-order chi connectivity index (χ1) is 9.24. The van der Waals surface area contributed by atoms with E-state index in [9.17, 15) is 5.11 Å². The monoisotopic (exact) mass is 255 g/mol. The van der Waals surface area contributed by atoms with Gasteiger partial charge in [0.1, 0.15) is 5.75 Å². The number of phenols is 1. The number of hydrogen-bond donors (Lipinski definition) is 2. The number of anilines is 1. The average molecular weight is 255 g/mol. The molecule has 0 amide bonds. The SMILES string of the molecule is Nc1ccc(CCCCCc2ccc(O)cc2)cc1. The smallest absolute Gasteiger partial charge is 0.115 e. The Morgan fingerprint density at radius 3 is 1.68 bits per heavy atom. The van der Waals surface area contributed by atoms with Crippen LogP contribution in [0.3, 0.4) is 0 Å². The molecule has 2 aromatic rings. The van der Waals surface area contributed by atoms with E-state index in [1.54, 1.807) is 12.1 Å². The van der Waals surface area contributed by atoms with Gasteiger partial charge in [-0.1, -0.05) is 30.7 Å². The van der Waals surface area contributed by atoms with Crippen LogP contribution in [0.2, 0.25) is 0 Å². The summed E-state index contributed by atoms with van der Waals surface area (Å²) >= 11 is 0. The molecule has 3 N–H and O–H groups in total. The minimum atomic E-state index is 0.340. The van der Waals surface area contributed by atoms with E-state index in [1.807, 2.05) is 24.3 Å². The number of aromatic hydroxyl groups is 1. The number of nitrogen functional groups attached to an aromatic ring is 1. The maximum absolute atomic E-state index is 9.20. The van der Waals surface area contributed by atoms with Gasteiger partial charge in [-0.05, 0) is 61.1 Å². The van der Waals surface area contributed by atoms with Gasteiger partial charge in [-0.2, -0.15) is 0 Å². The Balaban J connectivity index is 1.64. The highest BCUT2D eigenvalue weighted by Gasteiger charge is 1.96. The fraction of sp³-hybridized carbons (Fsp3) is 0.294. The highest BCUT2D eigenvalue weighted by atomic mass is 16.3. The van der Waals surface area contributed by atoms with Gasteiger partial charge in [0.2, 0.25) is 0 Å². The summed E-state index contributed by atoms with van der Waals surface area (Å²) in [7, 11) is 0. The van der Waals surface area contributed by atoms with Crippen LogP contribution in [0.15, 0.2) is 48.5 Å². The third-order valence-electron chi connectivity index (χ3n) is 3.35. The van der Waals surface area contributed by atoms with E-state index in [2.05, 4.69) is 12.1 Å². The van der Waals surface area contributed by atoms with Gasteiger partial charge >= 0.3 is 0 Å². The Kier molecular flexibility index (Phi) is 4.85. The van der Waals surface area contributed by atoms with Gasteiger partial charge in [-0.3, -0.25) is 0 Å². The molecule has 2 rings (SSSR count). The van der Waals surface area contributed by atoms with Crippen molar-refractivity contribution in [3.8, 4) is 5.75 Å². The third-order valence-corrected chi connectivity index (χ3v) is 3.35. The first-order valence-electron chi connectivity index (χ1n) is 6.86. The predicted octanol–water partition coefficient (Wildman–Crippen LogP) is 3.93. The molecular formula is C17H21NO. The molecule has 2 aromatic carbocycles. The van der Waals surface area contributed by atoms with Crippen molar-refractivity contribution in [2.45, 2.75) is 32.1 Å². The second kappa shape index (κ2) is 6.83. The molecule has 0 spiro atoms. The fourth-order valence-corrected chi connectivity index (χ4v) is 2.18. The topological polar surface area (TPSA) is 46.2 Å². The summed E-state index contributed by atoms with van der Waals surface area (Å²) in [5.41, 5.74) is 9.15. The van der Waals surface area contributed by atoms with E-state index in [0.717, 1.165) is 18.5 Å². The first kappa shape index (κ1) is 13.5. The van der Waals surface area contributed by atoms with Crippen LogP contribution in [0, 0.1) is 0 Å². The molecule has 0 aliphatic carbocycles. The molecule has 0 aromatic heterocycles. The van der Waals surface area contributed by atoms with E-state index in [4.69, 9.17) is 5.73 Å². The van der Waals surface area contributed by atoms with Crippen LogP contribution in [0.5, 0.6) is 5.75 Å². The molecule has 0 saturated carbocycles. The fourth-order valence-electron chi connectivity index (χ4n) is 2.18. The van der Waals surface area contributed by atoms with Crippen LogP contribution in [-0.4, -0.2) is 5.11 Å². The van der Waals surface area contributed by atoms with Crippen molar-refractivity contribution in [1.82, 2.24) is 0 Å². The van der Waals surface area contributed by atoms with Crippen molar-refractivity contribution in [2.75, 3.05) is 5.73 Å². The zero-order chi connectivity index (χ0) is 13.5. The van der Waals surface area contributed by atoms with E-state index >= 15 is 0 Å².